The van der Waals surface area contributed by atoms with Gasteiger partial charge in [0, 0.05) is 12.1 Å². The third kappa shape index (κ3) is 5.42. The number of carbonyl (C=O) groups excluding carboxylic acids is 1. The zero-order chi connectivity index (χ0) is 21.5. The number of hydrazone groups is 1. The fourth-order valence-corrected chi connectivity index (χ4v) is 3.01. The van der Waals surface area contributed by atoms with E-state index in [0.29, 0.717) is 22.4 Å². The summed E-state index contributed by atoms with van der Waals surface area (Å²) in [6.45, 7) is 0.426. The van der Waals surface area contributed by atoms with Gasteiger partial charge in [-0.05, 0) is 51.3 Å². The van der Waals surface area contributed by atoms with E-state index in [1.807, 2.05) is 30.3 Å². The third-order valence-corrected chi connectivity index (χ3v) is 4.63. The summed E-state index contributed by atoms with van der Waals surface area (Å²) in [6, 6.07) is 18.2. The lowest BCUT2D eigenvalue weighted by Crippen LogP contribution is -2.18. The Morgan fingerprint density at radius 1 is 1.17 bits per heavy atom. The summed E-state index contributed by atoms with van der Waals surface area (Å²) in [6.07, 6.45) is 1.40. The number of nitro groups is 1. The summed E-state index contributed by atoms with van der Waals surface area (Å²) in [4.78, 5) is 22.3. The van der Waals surface area contributed by atoms with Gasteiger partial charge in [-0.15, -0.1) is 0 Å². The quantitative estimate of drug-likeness (QED) is 0.302. The monoisotopic (exact) mass is 469 g/mol. The Balaban J connectivity index is 1.62. The number of rotatable bonds is 7. The van der Waals surface area contributed by atoms with Crippen molar-refractivity contribution in [3.63, 3.8) is 0 Å². The molecule has 0 saturated heterocycles. The molecular formula is C21H16BrN3O5. The molecule has 0 aliphatic carbocycles. The predicted molar refractivity (Wildman–Crippen MR) is 115 cm³/mol. The molecule has 1 amide bonds. The summed E-state index contributed by atoms with van der Waals surface area (Å²) in [5, 5.41) is 24.4. The summed E-state index contributed by atoms with van der Waals surface area (Å²) < 4.78 is 6.49. The largest absolute Gasteiger partial charge is 0.507 e. The molecule has 0 bridgehead atoms. The van der Waals surface area contributed by atoms with Crippen LogP contribution in [0, 0.1) is 10.1 Å². The molecule has 2 N–H and O–H groups in total. The number of amides is 1. The van der Waals surface area contributed by atoms with Crippen LogP contribution in [-0.4, -0.2) is 22.2 Å². The van der Waals surface area contributed by atoms with E-state index in [-0.39, 0.29) is 17.0 Å². The van der Waals surface area contributed by atoms with Gasteiger partial charge in [-0.3, -0.25) is 14.9 Å². The predicted octanol–water partition coefficient (Wildman–Crippen LogP) is 4.41. The van der Waals surface area contributed by atoms with Gasteiger partial charge in [0.15, 0.2) is 0 Å². The first-order valence-electron chi connectivity index (χ1n) is 8.71. The van der Waals surface area contributed by atoms with E-state index < -0.39 is 10.8 Å². The fourth-order valence-electron chi connectivity index (χ4n) is 2.49. The summed E-state index contributed by atoms with van der Waals surface area (Å²) in [5.74, 6) is -0.494. The van der Waals surface area contributed by atoms with Crippen LogP contribution in [0.1, 0.15) is 21.5 Å². The first-order chi connectivity index (χ1) is 14.4. The molecule has 0 aromatic heterocycles. The molecule has 152 valence electrons. The van der Waals surface area contributed by atoms with Crippen molar-refractivity contribution in [3.8, 4) is 11.5 Å². The van der Waals surface area contributed by atoms with Gasteiger partial charge in [0.25, 0.3) is 11.6 Å². The zero-order valence-corrected chi connectivity index (χ0v) is 17.1. The van der Waals surface area contributed by atoms with E-state index >= 15 is 0 Å². The number of hydrogen-bond donors (Lipinski definition) is 2. The average Bonchev–Trinajstić information content (AvgIpc) is 2.74. The average molecular weight is 470 g/mol. The summed E-state index contributed by atoms with van der Waals surface area (Å²) >= 11 is 3.44. The Bertz CT molecular complexity index is 1100. The number of halogens is 1. The van der Waals surface area contributed by atoms with Crippen LogP contribution in [0.15, 0.2) is 76.3 Å². The number of nitrogens with zero attached hydrogens (tertiary/aromatic N) is 2. The molecule has 8 nitrogen and oxygen atoms in total. The Morgan fingerprint density at radius 3 is 2.63 bits per heavy atom. The number of nitro benzene ring substituents is 1. The highest BCUT2D eigenvalue weighted by Crippen LogP contribution is 2.26. The normalized spacial score (nSPS) is 10.7. The molecule has 0 aliphatic rings. The lowest BCUT2D eigenvalue weighted by atomic mass is 10.1. The fraction of sp³-hybridized carbons (Fsp3) is 0.0476. The lowest BCUT2D eigenvalue weighted by molar-refractivity contribution is -0.384. The van der Waals surface area contributed by atoms with Crippen LogP contribution in [0.5, 0.6) is 11.5 Å². The molecule has 30 heavy (non-hydrogen) atoms. The van der Waals surface area contributed by atoms with E-state index in [1.54, 1.807) is 18.2 Å². The molecule has 9 heteroatoms. The maximum Gasteiger partial charge on any atom is 0.275 e. The van der Waals surface area contributed by atoms with Crippen LogP contribution < -0.4 is 10.2 Å². The maximum atomic E-state index is 12.1. The van der Waals surface area contributed by atoms with E-state index in [1.165, 1.54) is 6.21 Å². The Morgan fingerprint density at radius 2 is 1.93 bits per heavy atom. The molecule has 0 heterocycles. The lowest BCUT2D eigenvalue weighted by Gasteiger charge is -2.09. The number of aromatic hydroxyl groups is 1. The molecule has 0 saturated carbocycles. The zero-order valence-electron chi connectivity index (χ0n) is 15.5. The van der Waals surface area contributed by atoms with Crippen molar-refractivity contribution in [2.75, 3.05) is 0 Å². The number of non-ortho nitro benzene ring substituents is 1. The molecule has 0 spiro atoms. The number of ether oxygens (including phenoxy) is 1. The molecule has 3 rings (SSSR count). The molecule has 0 atom stereocenters. The maximum absolute atomic E-state index is 12.1. The van der Waals surface area contributed by atoms with Crippen molar-refractivity contribution in [1.29, 1.82) is 0 Å². The molecule has 0 fully saturated rings. The van der Waals surface area contributed by atoms with Gasteiger partial charge in [0.05, 0.1) is 21.2 Å². The topological polar surface area (TPSA) is 114 Å². The number of benzene rings is 3. The van der Waals surface area contributed by atoms with Crippen molar-refractivity contribution in [2.45, 2.75) is 6.61 Å². The number of nitrogens with one attached hydrogen (secondary N) is 1. The van der Waals surface area contributed by atoms with Gasteiger partial charge in [-0.2, -0.15) is 5.10 Å². The highest BCUT2D eigenvalue weighted by molar-refractivity contribution is 9.10. The first kappa shape index (κ1) is 21.0. The van der Waals surface area contributed by atoms with Crippen LogP contribution >= 0.6 is 15.9 Å². The standard InChI is InChI=1S/C21H16BrN3O5/c22-18-10-15(6-9-20(18)30-13-14-4-2-1-3-5-14)12-23-24-21(27)17-11-16(25(28)29)7-8-19(17)26/h1-12,26H,13H2,(H,24,27)/b23-12-. The second-order valence-electron chi connectivity index (χ2n) is 6.12. The molecule has 0 aliphatic heterocycles. The Hall–Kier alpha value is -3.72. The highest BCUT2D eigenvalue weighted by atomic mass is 79.9. The van der Waals surface area contributed by atoms with E-state index in [4.69, 9.17) is 4.74 Å². The van der Waals surface area contributed by atoms with Crippen LogP contribution in [0.3, 0.4) is 0 Å². The van der Waals surface area contributed by atoms with Crippen LogP contribution in [-0.2, 0) is 6.61 Å². The second-order valence-corrected chi connectivity index (χ2v) is 6.98. The molecule has 0 unspecified atom stereocenters. The van der Waals surface area contributed by atoms with Crippen molar-refractivity contribution in [3.05, 3.63) is 98.0 Å². The SMILES string of the molecule is O=C(N/N=C\c1ccc(OCc2ccccc2)c(Br)c1)c1cc([N+](=O)[O-])ccc1O. The van der Waals surface area contributed by atoms with E-state index in [2.05, 4.69) is 26.5 Å². The molecule has 0 radical (unpaired) electrons. The smallest absolute Gasteiger partial charge is 0.275 e. The Kier molecular flexibility index (Phi) is 6.76. The van der Waals surface area contributed by atoms with Gasteiger partial charge < -0.3 is 9.84 Å². The van der Waals surface area contributed by atoms with Gasteiger partial charge in [0.1, 0.15) is 18.1 Å². The van der Waals surface area contributed by atoms with Crippen molar-refractivity contribution < 1.29 is 19.6 Å². The summed E-state index contributed by atoms with van der Waals surface area (Å²) in [7, 11) is 0. The summed E-state index contributed by atoms with van der Waals surface area (Å²) in [5.41, 5.74) is 3.41. The number of hydrogen-bond acceptors (Lipinski definition) is 6. The van der Waals surface area contributed by atoms with Gasteiger partial charge >= 0.3 is 0 Å². The molecular weight excluding hydrogens is 454 g/mol. The minimum absolute atomic E-state index is 0.243. The van der Waals surface area contributed by atoms with Crippen LogP contribution in [0.2, 0.25) is 0 Å². The van der Waals surface area contributed by atoms with Gasteiger partial charge in [0.2, 0.25) is 0 Å². The van der Waals surface area contributed by atoms with E-state index in [9.17, 15) is 20.0 Å². The third-order valence-electron chi connectivity index (χ3n) is 4.01. The highest BCUT2D eigenvalue weighted by Gasteiger charge is 2.16. The minimum atomic E-state index is -0.769. The molecule has 3 aromatic rings. The van der Waals surface area contributed by atoms with Gasteiger partial charge in [-0.1, -0.05) is 30.3 Å². The first-order valence-corrected chi connectivity index (χ1v) is 9.50. The van der Waals surface area contributed by atoms with Crippen molar-refractivity contribution in [1.82, 2.24) is 5.43 Å². The number of phenolic OH excluding ortho intramolecular Hbond substituents is 1. The van der Waals surface area contributed by atoms with Crippen LogP contribution in [0.4, 0.5) is 5.69 Å². The minimum Gasteiger partial charge on any atom is -0.507 e. The molecule has 3 aromatic carbocycles. The van der Waals surface area contributed by atoms with Gasteiger partial charge in [-0.25, -0.2) is 5.43 Å². The number of carbonyl (C=O) groups is 1. The van der Waals surface area contributed by atoms with E-state index in [0.717, 1.165) is 23.8 Å². The van der Waals surface area contributed by atoms with Crippen LogP contribution in [0.25, 0.3) is 0 Å². The van der Waals surface area contributed by atoms with Crippen molar-refractivity contribution >= 4 is 33.7 Å². The number of phenols is 1. The second kappa shape index (κ2) is 9.66. The van der Waals surface area contributed by atoms with Crippen molar-refractivity contribution in [2.24, 2.45) is 5.10 Å². The Labute approximate surface area is 180 Å².